The van der Waals surface area contributed by atoms with Crippen molar-refractivity contribution in [1.29, 1.82) is 0 Å². The van der Waals surface area contributed by atoms with Gasteiger partial charge in [-0.05, 0) is 23.6 Å². The van der Waals surface area contributed by atoms with Gasteiger partial charge in [0.25, 0.3) is 5.89 Å². The maximum Gasteiger partial charge on any atom is 0.437 e. The molecule has 7 nitrogen and oxygen atoms in total. The number of thiophene rings is 1. The molecule has 22 heavy (non-hydrogen) atoms. The van der Waals surface area contributed by atoms with E-state index in [1.165, 1.54) is 11.3 Å². The molecule has 0 radical (unpaired) electrons. The van der Waals surface area contributed by atoms with Crippen molar-refractivity contribution in [3.8, 4) is 10.8 Å². The van der Waals surface area contributed by atoms with Crippen molar-refractivity contribution in [2.45, 2.75) is 19.3 Å². The summed E-state index contributed by atoms with van der Waals surface area (Å²) in [6, 6.07) is 7.19. The fraction of sp³-hybridized carbons (Fsp3) is 0.286. The Balaban J connectivity index is 1.55. The Hall–Kier alpha value is -2.16. The fourth-order valence-corrected chi connectivity index (χ4v) is 2.51. The van der Waals surface area contributed by atoms with Gasteiger partial charge in [0.1, 0.15) is 12.4 Å². The van der Waals surface area contributed by atoms with E-state index in [2.05, 4.69) is 5.10 Å². The van der Waals surface area contributed by atoms with Crippen molar-refractivity contribution < 1.29 is 18.7 Å². The number of nitrogens with zero attached hydrogens (tertiary/aromatic N) is 2. The summed E-state index contributed by atoms with van der Waals surface area (Å²) in [5.41, 5.74) is 0. The molecule has 0 aliphatic carbocycles. The van der Waals surface area contributed by atoms with E-state index in [0.717, 1.165) is 9.56 Å². The number of hydrogen-bond donors (Lipinski definition) is 1. The summed E-state index contributed by atoms with van der Waals surface area (Å²) >= 11 is 1.42. The second-order valence-electron chi connectivity index (χ2n) is 4.58. The van der Waals surface area contributed by atoms with Gasteiger partial charge in [-0.2, -0.15) is 4.68 Å². The number of aliphatic hydroxyl groups is 1. The van der Waals surface area contributed by atoms with Gasteiger partial charge >= 0.3 is 5.76 Å². The van der Waals surface area contributed by atoms with E-state index in [1.54, 1.807) is 18.4 Å². The Labute approximate surface area is 129 Å². The Morgan fingerprint density at radius 2 is 2.32 bits per heavy atom. The van der Waals surface area contributed by atoms with E-state index in [1.807, 2.05) is 17.5 Å². The van der Waals surface area contributed by atoms with E-state index in [-0.39, 0.29) is 25.6 Å². The van der Waals surface area contributed by atoms with Crippen LogP contribution in [0.1, 0.15) is 5.76 Å². The van der Waals surface area contributed by atoms with Gasteiger partial charge in [-0.25, -0.2) is 4.79 Å². The molecule has 3 aromatic heterocycles. The Kier molecular flexibility index (Phi) is 4.52. The molecule has 3 rings (SSSR count). The quantitative estimate of drug-likeness (QED) is 0.712. The van der Waals surface area contributed by atoms with E-state index >= 15 is 0 Å². The SMILES string of the molecule is O=c1oc(-c2cccs2)nn1C[C@@H](O)COCc1ccco1. The molecule has 0 unspecified atom stereocenters. The van der Waals surface area contributed by atoms with Crippen LogP contribution in [0.5, 0.6) is 0 Å². The number of rotatable bonds is 7. The molecule has 0 aromatic carbocycles. The molecule has 0 aliphatic rings. The highest BCUT2D eigenvalue weighted by Gasteiger charge is 2.14. The van der Waals surface area contributed by atoms with Crippen LogP contribution in [-0.2, 0) is 17.9 Å². The molecule has 0 fully saturated rings. The van der Waals surface area contributed by atoms with Crippen LogP contribution in [0, 0.1) is 0 Å². The molecular formula is C14H14N2O5S. The van der Waals surface area contributed by atoms with Crippen LogP contribution in [-0.4, -0.2) is 27.6 Å². The lowest BCUT2D eigenvalue weighted by molar-refractivity contribution is 0.0123. The first-order valence-corrected chi connectivity index (χ1v) is 7.50. The van der Waals surface area contributed by atoms with Crippen molar-refractivity contribution in [2.24, 2.45) is 0 Å². The van der Waals surface area contributed by atoms with Crippen LogP contribution in [0.3, 0.4) is 0 Å². The highest BCUT2D eigenvalue weighted by Crippen LogP contribution is 2.21. The molecule has 3 heterocycles. The zero-order chi connectivity index (χ0) is 15.4. The molecule has 0 aliphatic heterocycles. The number of furan rings is 1. The van der Waals surface area contributed by atoms with Gasteiger partial charge in [-0.1, -0.05) is 6.07 Å². The molecule has 8 heteroatoms. The molecule has 0 amide bonds. The van der Waals surface area contributed by atoms with Crippen molar-refractivity contribution in [1.82, 2.24) is 9.78 Å². The lowest BCUT2D eigenvalue weighted by atomic mass is 10.4. The van der Waals surface area contributed by atoms with Crippen LogP contribution in [0.2, 0.25) is 0 Å². The third kappa shape index (κ3) is 3.53. The number of aromatic nitrogens is 2. The van der Waals surface area contributed by atoms with Crippen LogP contribution in [0.4, 0.5) is 0 Å². The average Bonchev–Trinajstić information content (AvgIpc) is 3.21. The van der Waals surface area contributed by atoms with Crippen LogP contribution in [0.25, 0.3) is 10.8 Å². The van der Waals surface area contributed by atoms with Crippen molar-refractivity contribution in [3.63, 3.8) is 0 Å². The monoisotopic (exact) mass is 322 g/mol. The number of hydrogen-bond acceptors (Lipinski definition) is 7. The minimum absolute atomic E-state index is 0.00582. The van der Waals surface area contributed by atoms with Gasteiger partial charge in [0, 0.05) is 0 Å². The normalized spacial score (nSPS) is 12.6. The maximum atomic E-state index is 11.7. The van der Waals surface area contributed by atoms with Gasteiger partial charge in [-0.15, -0.1) is 16.4 Å². The minimum atomic E-state index is -0.867. The molecule has 0 bridgehead atoms. The smallest absolute Gasteiger partial charge is 0.437 e. The summed E-state index contributed by atoms with van der Waals surface area (Å²) in [7, 11) is 0. The summed E-state index contributed by atoms with van der Waals surface area (Å²) < 4.78 is 16.6. The van der Waals surface area contributed by atoms with Crippen LogP contribution >= 0.6 is 11.3 Å². The van der Waals surface area contributed by atoms with E-state index in [9.17, 15) is 9.90 Å². The fourth-order valence-electron chi connectivity index (χ4n) is 1.86. The number of aliphatic hydroxyl groups excluding tert-OH is 1. The summed E-state index contributed by atoms with van der Waals surface area (Å²) in [6.45, 7) is 0.332. The minimum Gasteiger partial charge on any atom is -0.467 e. The molecule has 1 N–H and O–H groups in total. The molecule has 1 atom stereocenters. The summed E-state index contributed by atoms with van der Waals surface area (Å²) in [5.74, 6) is 0.322. The van der Waals surface area contributed by atoms with Crippen LogP contribution in [0.15, 0.2) is 49.5 Å². The van der Waals surface area contributed by atoms with Gasteiger partial charge in [-0.3, -0.25) is 0 Å². The predicted octanol–water partition coefficient (Wildman–Crippen LogP) is 1.74. The zero-order valence-corrected chi connectivity index (χ0v) is 12.4. The number of ether oxygens (including phenoxy) is 1. The highest BCUT2D eigenvalue weighted by molar-refractivity contribution is 7.13. The zero-order valence-electron chi connectivity index (χ0n) is 11.5. The lowest BCUT2D eigenvalue weighted by Crippen LogP contribution is -2.27. The molecular weight excluding hydrogens is 308 g/mol. The van der Waals surface area contributed by atoms with E-state index < -0.39 is 11.9 Å². The summed E-state index contributed by atoms with van der Waals surface area (Å²) in [5, 5.41) is 15.8. The molecule has 0 saturated heterocycles. The second-order valence-corrected chi connectivity index (χ2v) is 5.53. The van der Waals surface area contributed by atoms with Gasteiger partial charge in [0.15, 0.2) is 0 Å². The van der Waals surface area contributed by atoms with E-state index in [0.29, 0.717) is 5.76 Å². The van der Waals surface area contributed by atoms with Crippen molar-refractivity contribution in [3.05, 3.63) is 52.2 Å². The summed E-state index contributed by atoms with van der Waals surface area (Å²) in [6.07, 6.45) is 0.685. The first-order valence-electron chi connectivity index (χ1n) is 6.62. The van der Waals surface area contributed by atoms with Gasteiger partial charge < -0.3 is 18.7 Å². The largest absolute Gasteiger partial charge is 0.467 e. The first kappa shape index (κ1) is 14.8. The molecule has 0 saturated carbocycles. The third-order valence-corrected chi connectivity index (χ3v) is 3.71. The molecule has 116 valence electrons. The molecule has 0 spiro atoms. The predicted molar refractivity (Wildman–Crippen MR) is 78.4 cm³/mol. The van der Waals surface area contributed by atoms with Crippen molar-refractivity contribution in [2.75, 3.05) is 6.61 Å². The van der Waals surface area contributed by atoms with Gasteiger partial charge in [0.05, 0.1) is 30.4 Å². The van der Waals surface area contributed by atoms with Gasteiger partial charge in [0.2, 0.25) is 0 Å². The Morgan fingerprint density at radius 1 is 1.41 bits per heavy atom. The Bertz CT molecular complexity index is 745. The second kappa shape index (κ2) is 6.73. The summed E-state index contributed by atoms with van der Waals surface area (Å²) in [4.78, 5) is 12.5. The van der Waals surface area contributed by atoms with Crippen molar-refractivity contribution >= 4 is 11.3 Å². The standard InChI is InChI=1S/C14H14N2O5S/c17-10(8-19-9-11-3-1-5-20-11)7-16-14(18)21-13(15-16)12-4-2-6-22-12/h1-6,10,17H,7-9H2/t10-/m1/s1. The molecule has 3 aromatic rings. The lowest BCUT2D eigenvalue weighted by Gasteiger charge is -2.09. The third-order valence-electron chi connectivity index (χ3n) is 2.86. The van der Waals surface area contributed by atoms with E-state index in [4.69, 9.17) is 13.6 Å². The Morgan fingerprint density at radius 3 is 3.05 bits per heavy atom. The maximum absolute atomic E-state index is 11.7. The van der Waals surface area contributed by atoms with Crippen LogP contribution < -0.4 is 5.76 Å². The topological polar surface area (TPSA) is 90.6 Å². The first-order chi connectivity index (χ1) is 10.7. The average molecular weight is 322 g/mol. The highest BCUT2D eigenvalue weighted by atomic mass is 32.1.